The summed E-state index contributed by atoms with van der Waals surface area (Å²) in [4.78, 5) is 12.6. The second kappa shape index (κ2) is 9.37. The van der Waals surface area contributed by atoms with Crippen LogP contribution in [0.1, 0.15) is 5.56 Å². The normalized spacial score (nSPS) is 13.1. The van der Waals surface area contributed by atoms with E-state index in [2.05, 4.69) is 5.32 Å². The number of rotatable bonds is 7. The highest BCUT2D eigenvalue weighted by atomic mass is 32.2. The first-order chi connectivity index (χ1) is 15.4. The van der Waals surface area contributed by atoms with Crippen LogP contribution in [0.2, 0.25) is 0 Å². The molecule has 1 N–H and O–H groups in total. The largest absolute Gasteiger partial charge is 0.486 e. The van der Waals surface area contributed by atoms with Crippen molar-refractivity contribution in [3.63, 3.8) is 0 Å². The second-order valence-electron chi connectivity index (χ2n) is 7.12. The van der Waals surface area contributed by atoms with Crippen molar-refractivity contribution in [2.24, 2.45) is 0 Å². The van der Waals surface area contributed by atoms with Crippen molar-refractivity contribution < 1.29 is 27.1 Å². The van der Waals surface area contributed by atoms with Gasteiger partial charge in [0, 0.05) is 18.3 Å². The van der Waals surface area contributed by atoms with E-state index in [-0.39, 0.29) is 11.4 Å². The topological polar surface area (TPSA) is 84.9 Å². The Bertz CT molecular complexity index is 1200. The van der Waals surface area contributed by atoms with Gasteiger partial charge in [0.2, 0.25) is 15.9 Å². The molecule has 1 aliphatic rings. The molecule has 0 atom stereocenters. The molecular weight excluding hydrogens is 435 g/mol. The number of hydrogen-bond donors (Lipinski definition) is 1. The highest BCUT2D eigenvalue weighted by molar-refractivity contribution is 7.89. The summed E-state index contributed by atoms with van der Waals surface area (Å²) in [6, 6.07) is 18.6. The monoisotopic (exact) mass is 456 g/mol. The minimum absolute atomic E-state index is 0.00550. The SMILES string of the molecule is O=C(CN(Cc1ccccc1)S(=O)(=O)c1ccc2c(c1)OCCO2)Nc1ccc(F)cc1. The van der Waals surface area contributed by atoms with Crippen molar-refractivity contribution in [3.05, 3.63) is 84.2 Å². The number of amides is 1. The van der Waals surface area contributed by atoms with E-state index in [0.717, 1.165) is 9.87 Å². The van der Waals surface area contributed by atoms with Gasteiger partial charge in [0.05, 0.1) is 11.4 Å². The van der Waals surface area contributed by atoms with Gasteiger partial charge in [0.25, 0.3) is 0 Å². The average Bonchev–Trinajstić information content (AvgIpc) is 2.80. The number of sulfonamides is 1. The van der Waals surface area contributed by atoms with Crippen LogP contribution in [-0.4, -0.2) is 38.4 Å². The molecule has 0 radical (unpaired) electrons. The molecule has 0 fully saturated rings. The predicted octanol–water partition coefficient (Wildman–Crippen LogP) is 3.43. The number of anilines is 1. The van der Waals surface area contributed by atoms with Gasteiger partial charge in [-0.15, -0.1) is 0 Å². The Kier molecular flexibility index (Phi) is 6.38. The van der Waals surface area contributed by atoms with E-state index < -0.39 is 28.3 Å². The lowest BCUT2D eigenvalue weighted by Gasteiger charge is -2.24. The first-order valence-corrected chi connectivity index (χ1v) is 11.3. The molecule has 0 aromatic heterocycles. The minimum atomic E-state index is -4.05. The maximum Gasteiger partial charge on any atom is 0.243 e. The van der Waals surface area contributed by atoms with Crippen molar-refractivity contribution in [1.82, 2.24) is 4.31 Å². The Balaban J connectivity index is 1.60. The van der Waals surface area contributed by atoms with E-state index in [0.29, 0.717) is 30.4 Å². The number of nitrogens with zero attached hydrogens (tertiary/aromatic N) is 1. The Hall–Kier alpha value is -3.43. The van der Waals surface area contributed by atoms with E-state index in [9.17, 15) is 17.6 Å². The maximum atomic E-state index is 13.5. The zero-order chi connectivity index (χ0) is 22.6. The molecule has 9 heteroatoms. The van der Waals surface area contributed by atoms with Gasteiger partial charge in [0.15, 0.2) is 11.5 Å². The molecule has 0 aliphatic carbocycles. The summed E-state index contributed by atoms with van der Waals surface area (Å²) in [5.41, 5.74) is 1.09. The zero-order valence-corrected chi connectivity index (χ0v) is 17.8. The first-order valence-electron chi connectivity index (χ1n) is 9.91. The molecule has 3 aromatic rings. The molecule has 0 bridgehead atoms. The summed E-state index contributed by atoms with van der Waals surface area (Å²) in [5, 5.41) is 2.60. The Morgan fingerprint density at radius 3 is 2.34 bits per heavy atom. The minimum Gasteiger partial charge on any atom is -0.486 e. The van der Waals surface area contributed by atoms with Gasteiger partial charge in [-0.1, -0.05) is 30.3 Å². The Labute approximate surface area is 185 Å². The number of carbonyl (C=O) groups excluding carboxylic acids is 1. The molecule has 0 saturated heterocycles. The summed E-state index contributed by atoms with van der Waals surface area (Å²) >= 11 is 0. The van der Waals surface area contributed by atoms with E-state index in [1.165, 1.54) is 36.4 Å². The molecular formula is C23H21FN2O5S. The lowest BCUT2D eigenvalue weighted by atomic mass is 10.2. The van der Waals surface area contributed by atoms with Crippen LogP contribution in [-0.2, 0) is 21.4 Å². The number of benzene rings is 3. The van der Waals surface area contributed by atoms with Crippen molar-refractivity contribution in [3.8, 4) is 11.5 Å². The Morgan fingerprint density at radius 2 is 1.62 bits per heavy atom. The smallest absolute Gasteiger partial charge is 0.243 e. The number of hydrogen-bond acceptors (Lipinski definition) is 5. The average molecular weight is 456 g/mol. The van der Waals surface area contributed by atoms with Gasteiger partial charge in [-0.05, 0) is 42.0 Å². The summed E-state index contributed by atoms with van der Waals surface area (Å²) in [6.45, 7) is 0.282. The summed E-state index contributed by atoms with van der Waals surface area (Å²) in [6.07, 6.45) is 0. The maximum absolute atomic E-state index is 13.5. The number of halogens is 1. The lowest BCUT2D eigenvalue weighted by Crippen LogP contribution is -2.37. The quantitative estimate of drug-likeness (QED) is 0.589. The molecule has 1 heterocycles. The fraction of sp³-hybridized carbons (Fsp3) is 0.174. The summed E-state index contributed by atoms with van der Waals surface area (Å²) in [5.74, 6) is -0.171. The molecule has 32 heavy (non-hydrogen) atoms. The summed E-state index contributed by atoms with van der Waals surface area (Å²) < 4.78 is 52.1. The third-order valence-corrected chi connectivity index (χ3v) is 6.59. The van der Waals surface area contributed by atoms with Crippen LogP contribution in [0.25, 0.3) is 0 Å². The predicted molar refractivity (Wildman–Crippen MR) is 116 cm³/mol. The van der Waals surface area contributed by atoms with Gasteiger partial charge in [-0.25, -0.2) is 12.8 Å². The third-order valence-electron chi connectivity index (χ3n) is 4.80. The highest BCUT2D eigenvalue weighted by Crippen LogP contribution is 2.33. The van der Waals surface area contributed by atoms with Crippen LogP contribution >= 0.6 is 0 Å². The van der Waals surface area contributed by atoms with E-state index >= 15 is 0 Å². The standard InChI is InChI=1S/C23H21FN2O5S/c24-18-6-8-19(9-7-18)25-23(27)16-26(15-17-4-2-1-3-5-17)32(28,29)20-10-11-21-22(14-20)31-13-12-30-21/h1-11,14H,12-13,15-16H2,(H,25,27). The van der Waals surface area contributed by atoms with E-state index in [1.54, 1.807) is 30.3 Å². The Morgan fingerprint density at radius 1 is 0.938 bits per heavy atom. The van der Waals surface area contributed by atoms with Crippen LogP contribution in [0.15, 0.2) is 77.7 Å². The van der Waals surface area contributed by atoms with Crippen LogP contribution in [0.5, 0.6) is 11.5 Å². The summed E-state index contributed by atoms with van der Waals surface area (Å²) in [7, 11) is -4.05. The molecule has 166 valence electrons. The van der Waals surface area contributed by atoms with Gasteiger partial charge in [-0.2, -0.15) is 4.31 Å². The third kappa shape index (κ3) is 5.06. The highest BCUT2D eigenvalue weighted by Gasteiger charge is 2.28. The number of carbonyl (C=O) groups is 1. The number of fused-ring (bicyclic) bond motifs is 1. The van der Waals surface area contributed by atoms with Crippen molar-refractivity contribution in [2.45, 2.75) is 11.4 Å². The van der Waals surface area contributed by atoms with E-state index in [4.69, 9.17) is 9.47 Å². The molecule has 7 nitrogen and oxygen atoms in total. The van der Waals surface area contributed by atoms with Gasteiger partial charge in [0.1, 0.15) is 19.0 Å². The molecule has 3 aromatic carbocycles. The van der Waals surface area contributed by atoms with Crippen molar-refractivity contribution in [1.29, 1.82) is 0 Å². The van der Waals surface area contributed by atoms with Crippen LogP contribution in [0.4, 0.5) is 10.1 Å². The van der Waals surface area contributed by atoms with Crippen LogP contribution in [0, 0.1) is 5.82 Å². The fourth-order valence-corrected chi connectivity index (χ4v) is 4.64. The number of nitrogens with one attached hydrogen (secondary N) is 1. The molecule has 0 saturated carbocycles. The molecule has 1 amide bonds. The van der Waals surface area contributed by atoms with E-state index in [1.807, 2.05) is 6.07 Å². The van der Waals surface area contributed by atoms with Crippen molar-refractivity contribution >= 4 is 21.6 Å². The van der Waals surface area contributed by atoms with Crippen molar-refractivity contribution in [2.75, 3.05) is 25.1 Å². The molecule has 1 aliphatic heterocycles. The molecule has 4 rings (SSSR count). The first kappa shape index (κ1) is 21.8. The number of ether oxygens (including phenoxy) is 2. The molecule has 0 unspecified atom stereocenters. The van der Waals surface area contributed by atoms with Gasteiger partial charge >= 0.3 is 0 Å². The van der Waals surface area contributed by atoms with Gasteiger partial charge < -0.3 is 14.8 Å². The molecule has 0 spiro atoms. The lowest BCUT2D eigenvalue weighted by molar-refractivity contribution is -0.116. The van der Waals surface area contributed by atoms with Crippen LogP contribution < -0.4 is 14.8 Å². The zero-order valence-electron chi connectivity index (χ0n) is 17.0. The second-order valence-corrected chi connectivity index (χ2v) is 9.06. The van der Waals surface area contributed by atoms with Gasteiger partial charge in [-0.3, -0.25) is 4.79 Å². The van der Waals surface area contributed by atoms with Crippen LogP contribution in [0.3, 0.4) is 0 Å². The fourth-order valence-electron chi connectivity index (χ4n) is 3.24.